The second-order valence-electron chi connectivity index (χ2n) is 17.4. The third kappa shape index (κ3) is 46.8. The largest absolute Gasteiger partial charge is 0.462 e. The van der Waals surface area contributed by atoms with Gasteiger partial charge in [-0.15, -0.1) is 0 Å². The van der Waals surface area contributed by atoms with E-state index in [1.165, 1.54) is 167 Å². The van der Waals surface area contributed by atoms with Crippen molar-refractivity contribution in [2.45, 2.75) is 284 Å². The lowest BCUT2D eigenvalue weighted by molar-refractivity contribution is -0.167. The standard InChI is InChI=1S/C53H98O6/c1-4-7-10-13-16-19-22-25-26-27-29-31-34-37-40-43-46-52(55)58-49-50(48-57-51(54)45-42-39-36-33-30-24-21-18-15-12-9-6-3)59-53(56)47-44-41-38-35-32-28-23-20-17-14-11-8-5-2/h18,20-21,23,50H,4-17,19,22,24-49H2,1-3H3/b21-18-,23-20-/t50-/m1/s1. The number of hydrogen-bond acceptors (Lipinski definition) is 6. The highest BCUT2D eigenvalue weighted by Crippen LogP contribution is 2.16. The Kier molecular flexibility index (Phi) is 46.8. The Morgan fingerprint density at radius 3 is 0.898 bits per heavy atom. The van der Waals surface area contributed by atoms with E-state index in [1.54, 1.807) is 0 Å². The Hall–Kier alpha value is -2.11. The van der Waals surface area contributed by atoms with Gasteiger partial charge in [0.2, 0.25) is 0 Å². The fourth-order valence-corrected chi connectivity index (χ4v) is 7.49. The molecule has 0 heterocycles. The van der Waals surface area contributed by atoms with Crippen LogP contribution in [0.2, 0.25) is 0 Å². The van der Waals surface area contributed by atoms with E-state index in [0.29, 0.717) is 19.3 Å². The maximum absolute atomic E-state index is 12.8. The summed E-state index contributed by atoms with van der Waals surface area (Å²) in [4.78, 5) is 37.9. The second kappa shape index (κ2) is 48.6. The van der Waals surface area contributed by atoms with Gasteiger partial charge in [0.25, 0.3) is 0 Å². The van der Waals surface area contributed by atoms with Gasteiger partial charge >= 0.3 is 17.9 Å². The van der Waals surface area contributed by atoms with Crippen molar-refractivity contribution in [3.05, 3.63) is 24.3 Å². The summed E-state index contributed by atoms with van der Waals surface area (Å²) in [6.07, 6.45) is 54.4. The first kappa shape index (κ1) is 56.9. The van der Waals surface area contributed by atoms with Crippen LogP contribution in [-0.2, 0) is 28.6 Å². The number of unbranched alkanes of at least 4 members (excludes halogenated alkanes) is 32. The van der Waals surface area contributed by atoms with Crippen molar-refractivity contribution in [2.24, 2.45) is 0 Å². The van der Waals surface area contributed by atoms with Gasteiger partial charge in [0.1, 0.15) is 13.2 Å². The van der Waals surface area contributed by atoms with Crippen LogP contribution in [0, 0.1) is 0 Å². The summed E-state index contributed by atoms with van der Waals surface area (Å²) < 4.78 is 16.8. The van der Waals surface area contributed by atoms with Gasteiger partial charge in [0.15, 0.2) is 6.10 Å². The third-order valence-electron chi connectivity index (χ3n) is 11.4. The van der Waals surface area contributed by atoms with E-state index in [2.05, 4.69) is 45.1 Å². The number of esters is 3. The summed E-state index contributed by atoms with van der Waals surface area (Å²) in [5.74, 6) is -0.880. The molecular formula is C53H98O6. The second-order valence-corrected chi connectivity index (χ2v) is 17.4. The zero-order valence-electron chi connectivity index (χ0n) is 39.5. The van der Waals surface area contributed by atoms with E-state index in [4.69, 9.17) is 14.2 Å². The molecule has 6 heteroatoms. The Morgan fingerprint density at radius 1 is 0.322 bits per heavy atom. The molecule has 0 aromatic heterocycles. The molecule has 0 unspecified atom stereocenters. The van der Waals surface area contributed by atoms with E-state index < -0.39 is 6.10 Å². The lowest BCUT2D eigenvalue weighted by Crippen LogP contribution is -2.30. The number of allylic oxidation sites excluding steroid dienone is 4. The molecule has 59 heavy (non-hydrogen) atoms. The molecule has 0 aromatic carbocycles. The van der Waals surface area contributed by atoms with Crippen LogP contribution < -0.4 is 0 Å². The molecule has 0 aliphatic carbocycles. The van der Waals surface area contributed by atoms with Crippen LogP contribution in [0.5, 0.6) is 0 Å². The average Bonchev–Trinajstić information content (AvgIpc) is 3.23. The van der Waals surface area contributed by atoms with Crippen molar-refractivity contribution in [3.63, 3.8) is 0 Å². The van der Waals surface area contributed by atoms with E-state index in [1.807, 2.05) is 0 Å². The lowest BCUT2D eigenvalue weighted by Gasteiger charge is -2.18. The quantitative estimate of drug-likeness (QED) is 0.0263. The highest BCUT2D eigenvalue weighted by Gasteiger charge is 2.19. The van der Waals surface area contributed by atoms with Gasteiger partial charge in [-0.2, -0.15) is 0 Å². The molecule has 0 aliphatic rings. The van der Waals surface area contributed by atoms with Gasteiger partial charge in [-0.1, -0.05) is 212 Å². The lowest BCUT2D eigenvalue weighted by atomic mass is 10.0. The minimum atomic E-state index is -0.773. The Labute approximate surface area is 366 Å². The average molecular weight is 831 g/mol. The molecule has 0 spiro atoms. The number of ether oxygens (including phenoxy) is 3. The highest BCUT2D eigenvalue weighted by molar-refractivity contribution is 5.71. The Balaban J connectivity index is 4.34. The molecule has 6 nitrogen and oxygen atoms in total. The molecule has 0 saturated carbocycles. The molecule has 0 bridgehead atoms. The fourth-order valence-electron chi connectivity index (χ4n) is 7.49. The van der Waals surface area contributed by atoms with Crippen molar-refractivity contribution < 1.29 is 28.6 Å². The topological polar surface area (TPSA) is 78.9 Å². The molecule has 0 aromatic rings. The molecule has 0 amide bonds. The number of carbonyl (C=O) groups is 3. The Bertz CT molecular complexity index is 958. The molecule has 0 fully saturated rings. The van der Waals surface area contributed by atoms with Crippen molar-refractivity contribution in [2.75, 3.05) is 13.2 Å². The van der Waals surface area contributed by atoms with Gasteiger partial charge in [-0.3, -0.25) is 14.4 Å². The van der Waals surface area contributed by atoms with Crippen molar-refractivity contribution in [3.8, 4) is 0 Å². The van der Waals surface area contributed by atoms with E-state index >= 15 is 0 Å². The third-order valence-corrected chi connectivity index (χ3v) is 11.4. The van der Waals surface area contributed by atoms with Crippen molar-refractivity contribution >= 4 is 17.9 Å². The smallest absolute Gasteiger partial charge is 0.306 e. The van der Waals surface area contributed by atoms with Crippen LogP contribution in [0.3, 0.4) is 0 Å². The van der Waals surface area contributed by atoms with E-state index in [0.717, 1.165) is 70.6 Å². The molecule has 1 atom stereocenters. The first-order valence-corrected chi connectivity index (χ1v) is 25.8. The van der Waals surface area contributed by atoms with Crippen LogP contribution in [-0.4, -0.2) is 37.2 Å². The van der Waals surface area contributed by atoms with E-state index in [9.17, 15) is 14.4 Å². The number of hydrogen-bond donors (Lipinski definition) is 0. The van der Waals surface area contributed by atoms with Crippen LogP contribution in [0.1, 0.15) is 278 Å². The summed E-state index contributed by atoms with van der Waals surface area (Å²) in [6, 6.07) is 0. The molecule has 0 aliphatic heterocycles. The Morgan fingerprint density at radius 2 is 0.559 bits per heavy atom. The molecule has 0 saturated heterocycles. The summed E-state index contributed by atoms with van der Waals surface area (Å²) in [5, 5.41) is 0. The summed E-state index contributed by atoms with van der Waals surface area (Å²) in [6.45, 7) is 6.61. The highest BCUT2D eigenvalue weighted by atomic mass is 16.6. The summed E-state index contributed by atoms with van der Waals surface area (Å²) in [7, 11) is 0. The fraction of sp³-hybridized carbons (Fsp3) is 0.868. The predicted molar refractivity (Wildman–Crippen MR) is 252 cm³/mol. The molecule has 0 radical (unpaired) electrons. The van der Waals surface area contributed by atoms with Gasteiger partial charge in [-0.05, 0) is 70.6 Å². The summed E-state index contributed by atoms with van der Waals surface area (Å²) >= 11 is 0. The van der Waals surface area contributed by atoms with Crippen LogP contribution >= 0.6 is 0 Å². The zero-order chi connectivity index (χ0) is 43.0. The maximum atomic E-state index is 12.8. The van der Waals surface area contributed by atoms with Crippen LogP contribution in [0.15, 0.2) is 24.3 Å². The van der Waals surface area contributed by atoms with Crippen LogP contribution in [0.4, 0.5) is 0 Å². The van der Waals surface area contributed by atoms with Crippen molar-refractivity contribution in [1.29, 1.82) is 0 Å². The minimum absolute atomic E-state index is 0.0735. The van der Waals surface area contributed by atoms with Gasteiger partial charge in [-0.25, -0.2) is 0 Å². The summed E-state index contributed by atoms with van der Waals surface area (Å²) in [5.41, 5.74) is 0. The first-order chi connectivity index (χ1) is 29.0. The predicted octanol–water partition coefficient (Wildman–Crippen LogP) is 16.8. The normalized spacial score (nSPS) is 12.1. The minimum Gasteiger partial charge on any atom is -0.462 e. The number of carbonyl (C=O) groups excluding carboxylic acids is 3. The zero-order valence-corrected chi connectivity index (χ0v) is 39.5. The van der Waals surface area contributed by atoms with Gasteiger partial charge < -0.3 is 14.2 Å². The van der Waals surface area contributed by atoms with Crippen LogP contribution in [0.25, 0.3) is 0 Å². The number of rotatable bonds is 47. The van der Waals surface area contributed by atoms with Gasteiger partial charge in [0, 0.05) is 19.3 Å². The van der Waals surface area contributed by atoms with Crippen molar-refractivity contribution in [1.82, 2.24) is 0 Å². The van der Waals surface area contributed by atoms with Gasteiger partial charge in [0.05, 0.1) is 0 Å². The SMILES string of the molecule is CCCCC/C=C\CCCCCCCC(=O)OC[C@H](COC(=O)CCCCCCCCCCCCCCCCCC)OC(=O)CCCCCCC/C=C\CCCCCC. The molecular weight excluding hydrogens is 733 g/mol. The maximum Gasteiger partial charge on any atom is 0.306 e. The molecule has 0 N–H and O–H groups in total. The van der Waals surface area contributed by atoms with E-state index in [-0.39, 0.29) is 31.1 Å². The molecule has 346 valence electrons. The molecule has 0 rings (SSSR count). The first-order valence-electron chi connectivity index (χ1n) is 25.8. The monoisotopic (exact) mass is 831 g/mol.